The number of fused-ring (bicyclic) bond motifs is 1. The molecular weight excluding hydrogens is 198 g/mol. The van der Waals surface area contributed by atoms with Gasteiger partial charge in [0.25, 0.3) is 0 Å². The number of aryl methyl sites for hydroxylation is 1. The number of benzene rings is 1. The van der Waals surface area contributed by atoms with Crippen LogP contribution in [0.25, 0.3) is 10.9 Å². The molecule has 0 N–H and O–H groups in total. The molecule has 80 valence electrons. The predicted molar refractivity (Wildman–Crippen MR) is 70.0 cm³/mol. The van der Waals surface area contributed by atoms with Crippen LogP contribution >= 0.6 is 0 Å². The van der Waals surface area contributed by atoms with Crippen LogP contribution in [0, 0.1) is 6.92 Å². The molecule has 0 unspecified atom stereocenters. The van der Waals surface area contributed by atoms with Crippen LogP contribution in [0.15, 0.2) is 30.5 Å². The molecule has 0 bridgehead atoms. The molecular formula is C13H19NSi. The maximum absolute atomic E-state index is 2.54. The average molecular weight is 217 g/mol. The minimum absolute atomic E-state index is 1.28. The van der Waals surface area contributed by atoms with Crippen molar-refractivity contribution < 1.29 is 0 Å². The first-order valence-corrected chi connectivity index (χ1v) is 8.79. The molecule has 0 aliphatic rings. The van der Waals surface area contributed by atoms with Gasteiger partial charge in [0, 0.05) is 10.9 Å². The molecule has 0 saturated carbocycles. The highest BCUT2D eigenvalue weighted by Gasteiger charge is 2.22. The molecule has 2 rings (SSSR count). The molecule has 0 atom stereocenters. The third-order valence-electron chi connectivity index (χ3n) is 3.43. The maximum atomic E-state index is 2.54. The van der Waals surface area contributed by atoms with E-state index in [4.69, 9.17) is 0 Å². The molecule has 0 saturated heterocycles. The monoisotopic (exact) mass is 217 g/mol. The van der Waals surface area contributed by atoms with Crippen LogP contribution in [-0.2, 0) is 0 Å². The van der Waals surface area contributed by atoms with Crippen molar-refractivity contribution in [2.24, 2.45) is 0 Å². The summed E-state index contributed by atoms with van der Waals surface area (Å²) in [5.41, 5.74) is 2.81. The van der Waals surface area contributed by atoms with Crippen molar-refractivity contribution >= 4 is 19.1 Å². The molecule has 0 spiro atoms. The Morgan fingerprint density at radius 3 is 2.53 bits per heavy atom. The average Bonchev–Trinajstić information content (AvgIpc) is 2.58. The lowest BCUT2D eigenvalue weighted by Gasteiger charge is -2.23. The highest BCUT2D eigenvalue weighted by atomic mass is 28.3. The van der Waals surface area contributed by atoms with Gasteiger partial charge in [-0.25, -0.2) is 0 Å². The number of rotatable bonds is 2. The second-order valence-electron chi connectivity index (χ2n) is 4.87. The molecule has 1 aromatic heterocycles. The molecule has 0 aliphatic carbocycles. The van der Waals surface area contributed by atoms with Crippen LogP contribution in [0.3, 0.4) is 0 Å². The van der Waals surface area contributed by atoms with E-state index >= 15 is 0 Å². The number of aromatic nitrogens is 1. The van der Waals surface area contributed by atoms with Gasteiger partial charge in [-0.1, -0.05) is 38.2 Å². The van der Waals surface area contributed by atoms with Gasteiger partial charge in [0.15, 0.2) is 8.24 Å². The Bertz CT molecular complexity index is 482. The van der Waals surface area contributed by atoms with Crippen molar-refractivity contribution in [1.82, 2.24) is 4.23 Å². The Balaban J connectivity index is 2.72. The van der Waals surface area contributed by atoms with E-state index in [1.807, 2.05) is 0 Å². The van der Waals surface area contributed by atoms with Crippen LogP contribution in [0.4, 0.5) is 0 Å². The lowest BCUT2D eigenvalue weighted by Crippen LogP contribution is -2.34. The third-order valence-corrected chi connectivity index (χ3v) is 6.83. The van der Waals surface area contributed by atoms with Crippen molar-refractivity contribution in [2.45, 2.75) is 33.0 Å². The molecule has 1 aromatic carbocycles. The second kappa shape index (κ2) is 3.53. The molecule has 1 heterocycles. The highest BCUT2D eigenvalue weighted by Crippen LogP contribution is 2.25. The van der Waals surface area contributed by atoms with Crippen LogP contribution in [0.1, 0.15) is 12.5 Å². The van der Waals surface area contributed by atoms with Gasteiger partial charge in [-0.15, -0.1) is 0 Å². The number of hydrogen-bond acceptors (Lipinski definition) is 0. The summed E-state index contributed by atoms with van der Waals surface area (Å²) in [6.45, 7) is 9.37. The zero-order valence-electron chi connectivity index (χ0n) is 10.0. The van der Waals surface area contributed by atoms with Gasteiger partial charge < -0.3 is 4.23 Å². The number of hydrogen-bond donors (Lipinski definition) is 0. The van der Waals surface area contributed by atoms with E-state index in [-0.39, 0.29) is 0 Å². The second-order valence-corrected chi connectivity index (χ2v) is 9.68. The van der Waals surface area contributed by atoms with E-state index in [2.05, 4.69) is 61.6 Å². The Kier molecular flexibility index (Phi) is 2.47. The molecule has 2 aromatic rings. The Morgan fingerprint density at radius 2 is 1.87 bits per heavy atom. The predicted octanol–water partition coefficient (Wildman–Crippen LogP) is 4.02. The van der Waals surface area contributed by atoms with E-state index in [0.29, 0.717) is 0 Å². The van der Waals surface area contributed by atoms with Crippen LogP contribution < -0.4 is 0 Å². The van der Waals surface area contributed by atoms with Crippen LogP contribution in [0.2, 0.25) is 19.1 Å². The smallest absolute Gasteiger partial charge is 0.155 e. The van der Waals surface area contributed by atoms with E-state index < -0.39 is 8.24 Å². The highest BCUT2D eigenvalue weighted by molar-refractivity contribution is 6.76. The molecule has 0 aliphatic heterocycles. The summed E-state index contributed by atoms with van der Waals surface area (Å²) in [6, 6.07) is 10.0. The van der Waals surface area contributed by atoms with Crippen molar-refractivity contribution in [3.05, 3.63) is 36.0 Å². The fourth-order valence-electron chi connectivity index (χ4n) is 2.02. The van der Waals surface area contributed by atoms with Gasteiger partial charge in [0.2, 0.25) is 0 Å². The first-order chi connectivity index (χ1) is 7.06. The van der Waals surface area contributed by atoms with E-state index in [9.17, 15) is 0 Å². The molecule has 2 heteroatoms. The fraction of sp³-hybridized carbons (Fsp3) is 0.385. The van der Waals surface area contributed by atoms with E-state index in [0.717, 1.165) is 0 Å². The summed E-state index contributed by atoms with van der Waals surface area (Å²) in [7, 11) is -1.28. The van der Waals surface area contributed by atoms with Gasteiger partial charge in [0.1, 0.15) is 0 Å². The normalized spacial score (nSPS) is 12.3. The summed E-state index contributed by atoms with van der Waals surface area (Å²) in [5, 5.41) is 1.41. The molecule has 15 heavy (non-hydrogen) atoms. The third kappa shape index (κ3) is 1.63. The van der Waals surface area contributed by atoms with Gasteiger partial charge >= 0.3 is 0 Å². The Morgan fingerprint density at radius 1 is 1.20 bits per heavy atom. The zero-order chi connectivity index (χ0) is 11.1. The maximum Gasteiger partial charge on any atom is 0.155 e. The molecule has 0 fully saturated rings. The molecule has 0 amide bonds. The first kappa shape index (κ1) is 10.5. The van der Waals surface area contributed by atoms with Crippen molar-refractivity contribution in [3.63, 3.8) is 0 Å². The lowest BCUT2D eigenvalue weighted by atomic mass is 10.2. The number of nitrogens with zero attached hydrogens (tertiary/aromatic N) is 1. The summed E-state index contributed by atoms with van der Waals surface area (Å²) in [4.78, 5) is 0. The standard InChI is InChI=1S/C13H19NSi/c1-5-15(3,4)14-10-11(2)12-8-6-7-9-13(12)14/h6-10H,5H2,1-4H3. The van der Waals surface area contributed by atoms with Crippen molar-refractivity contribution in [3.8, 4) is 0 Å². The van der Waals surface area contributed by atoms with Gasteiger partial charge in [-0.2, -0.15) is 0 Å². The van der Waals surface area contributed by atoms with E-state index in [1.54, 1.807) is 0 Å². The topological polar surface area (TPSA) is 4.93 Å². The fourth-order valence-corrected chi connectivity index (χ4v) is 3.75. The van der Waals surface area contributed by atoms with Crippen LogP contribution in [0.5, 0.6) is 0 Å². The van der Waals surface area contributed by atoms with Crippen LogP contribution in [-0.4, -0.2) is 12.5 Å². The molecule has 0 radical (unpaired) electrons. The Labute approximate surface area is 92.8 Å². The Hall–Kier alpha value is -1.02. The largest absolute Gasteiger partial charge is 0.374 e. The first-order valence-electron chi connectivity index (χ1n) is 5.63. The van der Waals surface area contributed by atoms with E-state index in [1.165, 1.54) is 22.5 Å². The van der Waals surface area contributed by atoms with Gasteiger partial charge in [-0.05, 0) is 30.8 Å². The minimum Gasteiger partial charge on any atom is -0.374 e. The SMILES string of the molecule is CC[Si](C)(C)n1cc(C)c2ccccc21. The molecule has 1 nitrogen and oxygen atoms in total. The van der Waals surface area contributed by atoms with Crippen molar-refractivity contribution in [2.75, 3.05) is 0 Å². The van der Waals surface area contributed by atoms with Crippen molar-refractivity contribution in [1.29, 1.82) is 0 Å². The summed E-state index contributed by atoms with van der Waals surface area (Å²) >= 11 is 0. The summed E-state index contributed by atoms with van der Waals surface area (Å²) in [5.74, 6) is 0. The summed E-state index contributed by atoms with van der Waals surface area (Å²) < 4.78 is 2.54. The summed E-state index contributed by atoms with van der Waals surface area (Å²) in [6.07, 6.45) is 2.33. The number of para-hydroxylation sites is 1. The van der Waals surface area contributed by atoms with Gasteiger partial charge in [-0.3, -0.25) is 0 Å². The quantitative estimate of drug-likeness (QED) is 0.670. The zero-order valence-corrected chi connectivity index (χ0v) is 11.0. The lowest BCUT2D eigenvalue weighted by molar-refractivity contribution is 1.13. The van der Waals surface area contributed by atoms with Gasteiger partial charge in [0.05, 0.1) is 0 Å². The minimum atomic E-state index is -1.28.